The lowest BCUT2D eigenvalue weighted by molar-refractivity contribution is 0.829. The molecule has 0 spiro atoms. The average Bonchev–Trinajstić information content (AvgIpc) is 3.83. The zero-order valence-corrected chi connectivity index (χ0v) is 31.4. The molecule has 1 aliphatic heterocycles. The minimum Gasteiger partial charge on any atom is -0.332 e. The van der Waals surface area contributed by atoms with Crippen molar-refractivity contribution < 1.29 is 0 Å². The Kier molecular flexibility index (Phi) is 7.90. The lowest BCUT2D eigenvalue weighted by Gasteiger charge is -2.30. The van der Waals surface area contributed by atoms with Gasteiger partial charge in [-0.05, 0) is 77.7 Å². The lowest BCUT2D eigenvalue weighted by atomic mass is 9.88. The van der Waals surface area contributed by atoms with Gasteiger partial charge in [0.15, 0.2) is 17.5 Å². The number of anilines is 2. The summed E-state index contributed by atoms with van der Waals surface area (Å²) in [6, 6.07) is 61.0. The standard InChI is InChI=1S/C52H34N6/c53-33-34-29-31-37(32-30-34)57-43-24-10-7-19-40(43)48-38(22-13-27-46(48)57)39-23-14-28-47-49(39)41-20-8-11-25-44(41)58(47)45-26-12-9-21-42(45)52-55-50(35-15-3-1-4-16-35)54-51(56-52)36-17-5-2-6-18-36/h1-24,26-32,44H,25H2. The predicted molar refractivity (Wildman–Crippen MR) is 235 cm³/mol. The molecule has 3 heterocycles. The summed E-state index contributed by atoms with van der Waals surface area (Å²) >= 11 is 0. The van der Waals surface area contributed by atoms with Gasteiger partial charge in [-0.15, -0.1) is 0 Å². The SMILES string of the molecule is N#Cc1ccc(-n2c3ccccc3c3c(-c4cccc5c4C4=CC=CCC4N5c4ccccc4-c4nc(-c5ccccc5)nc(-c5ccccc5)n4)cccc32)cc1. The molecule has 0 bridgehead atoms. The average molecular weight is 743 g/mol. The number of nitrogens with zero attached hydrogens (tertiary/aromatic N) is 6. The van der Waals surface area contributed by atoms with Crippen LogP contribution in [0.3, 0.4) is 0 Å². The van der Waals surface area contributed by atoms with E-state index in [-0.39, 0.29) is 6.04 Å². The first-order valence-electron chi connectivity index (χ1n) is 19.5. The molecule has 0 saturated heterocycles. The number of allylic oxidation sites excluding steroid dienone is 2. The van der Waals surface area contributed by atoms with Crippen LogP contribution >= 0.6 is 0 Å². The van der Waals surface area contributed by atoms with Gasteiger partial charge in [-0.3, -0.25) is 0 Å². The van der Waals surface area contributed by atoms with E-state index in [1.54, 1.807) is 0 Å². The summed E-state index contributed by atoms with van der Waals surface area (Å²) in [5.41, 5.74) is 13.8. The summed E-state index contributed by atoms with van der Waals surface area (Å²) in [4.78, 5) is 17.8. The van der Waals surface area contributed by atoms with E-state index in [4.69, 9.17) is 15.0 Å². The van der Waals surface area contributed by atoms with E-state index in [2.05, 4.69) is 119 Å². The third kappa shape index (κ3) is 5.36. The van der Waals surface area contributed by atoms with Crippen LogP contribution in [0.25, 0.3) is 78.4 Å². The Balaban J connectivity index is 1.12. The number of fused-ring (bicyclic) bond motifs is 6. The Morgan fingerprint density at radius 1 is 0.534 bits per heavy atom. The smallest absolute Gasteiger partial charge is 0.166 e. The Labute approximate surface area is 336 Å². The van der Waals surface area contributed by atoms with E-state index in [1.165, 1.54) is 33.0 Å². The predicted octanol–water partition coefficient (Wildman–Crippen LogP) is 12.4. The second kappa shape index (κ2) is 13.7. The van der Waals surface area contributed by atoms with Crippen LogP contribution in [0.5, 0.6) is 0 Å². The van der Waals surface area contributed by atoms with Crippen molar-refractivity contribution in [2.75, 3.05) is 4.90 Å². The maximum atomic E-state index is 9.52. The molecule has 11 rings (SSSR count). The maximum absolute atomic E-state index is 9.52. The molecule has 1 aliphatic carbocycles. The van der Waals surface area contributed by atoms with E-state index in [0.717, 1.165) is 51.2 Å². The van der Waals surface area contributed by atoms with Crippen LogP contribution in [-0.2, 0) is 0 Å². The van der Waals surface area contributed by atoms with E-state index in [0.29, 0.717) is 23.0 Å². The quantitative estimate of drug-likeness (QED) is 0.170. The Bertz CT molecular complexity index is 3100. The van der Waals surface area contributed by atoms with Crippen LogP contribution < -0.4 is 4.90 Å². The summed E-state index contributed by atoms with van der Waals surface area (Å²) < 4.78 is 2.31. The molecule has 0 N–H and O–H groups in total. The molecule has 272 valence electrons. The van der Waals surface area contributed by atoms with Gasteiger partial charge in [-0.2, -0.15) is 5.26 Å². The summed E-state index contributed by atoms with van der Waals surface area (Å²) in [5, 5.41) is 11.9. The Morgan fingerprint density at radius 2 is 1.14 bits per heavy atom. The number of rotatable bonds is 6. The van der Waals surface area contributed by atoms with Gasteiger partial charge in [0.1, 0.15) is 0 Å². The third-order valence-corrected chi connectivity index (χ3v) is 11.4. The van der Waals surface area contributed by atoms with Crippen LogP contribution in [0.1, 0.15) is 17.5 Å². The first kappa shape index (κ1) is 33.5. The number of nitriles is 1. The molecule has 0 saturated carbocycles. The van der Waals surface area contributed by atoms with Crippen molar-refractivity contribution in [1.29, 1.82) is 5.26 Å². The highest BCUT2D eigenvalue weighted by atomic mass is 15.2. The summed E-state index contributed by atoms with van der Waals surface area (Å²) in [6.07, 6.45) is 7.62. The maximum Gasteiger partial charge on any atom is 0.166 e. The molecule has 2 aromatic heterocycles. The number of benzene rings is 7. The number of hydrogen-bond donors (Lipinski definition) is 0. The largest absolute Gasteiger partial charge is 0.332 e. The second-order valence-electron chi connectivity index (χ2n) is 14.6. The summed E-state index contributed by atoms with van der Waals surface area (Å²) in [6.45, 7) is 0. The third-order valence-electron chi connectivity index (χ3n) is 11.4. The topological polar surface area (TPSA) is 70.6 Å². The Hall–Kier alpha value is -7.88. The van der Waals surface area contributed by atoms with E-state index in [9.17, 15) is 5.26 Å². The summed E-state index contributed by atoms with van der Waals surface area (Å²) in [5.74, 6) is 1.90. The van der Waals surface area contributed by atoms with E-state index in [1.807, 2.05) is 84.9 Å². The first-order valence-corrected chi connectivity index (χ1v) is 19.5. The van der Waals surface area contributed by atoms with Gasteiger partial charge in [0.25, 0.3) is 0 Å². The molecule has 6 heteroatoms. The zero-order chi connectivity index (χ0) is 38.6. The molecule has 0 amide bonds. The first-order chi connectivity index (χ1) is 28.7. The van der Waals surface area contributed by atoms with Crippen molar-refractivity contribution in [2.24, 2.45) is 0 Å². The molecule has 0 fully saturated rings. The van der Waals surface area contributed by atoms with Crippen molar-refractivity contribution >= 4 is 38.8 Å². The number of hydrogen-bond acceptors (Lipinski definition) is 5. The number of para-hydroxylation sites is 2. The molecule has 7 aromatic carbocycles. The van der Waals surface area contributed by atoms with Crippen LogP contribution in [0, 0.1) is 11.3 Å². The van der Waals surface area contributed by atoms with E-state index >= 15 is 0 Å². The molecule has 9 aromatic rings. The fourth-order valence-electron chi connectivity index (χ4n) is 8.85. The molecule has 58 heavy (non-hydrogen) atoms. The minimum absolute atomic E-state index is 0.0746. The van der Waals surface area contributed by atoms with Crippen molar-refractivity contribution in [3.8, 4) is 57.0 Å². The monoisotopic (exact) mass is 742 g/mol. The minimum atomic E-state index is 0.0746. The van der Waals surface area contributed by atoms with Crippen molar-refractivity contribution in [2.45, 2.75) is 12.5 Å². The molecular weight excluding hydrogens is 709 g/mol. The van der Waals surface area contributed by atoms with Gasteiger partial charge in [0.05, 0.1) is 34.4 Å². The van der Waals surface area contributed by atoms with Crippen molar-refractivity contribution in [1.82, 2.24) is 19.5 Å². The highest BCUT2D eigenvalue weighted by molar-refractivity contribution is 6.17. The van der Waals surface area contributed by atoms with Crippen LogP contribution in [0.2, 0.25) is 0 Å². The highest BCUT2D eigenvalue weighted by Crippen LogP contribution is 2.53. The Morgan fingerprint density at radius 3 is 1.90 bits per heavy atom. The molecule has 0 radical (unpaired) electrons. The van der Waals surface area contributed by atoms with Gasteiger partial charge in [0, 0.05) is 44.4 Å². The van der Waals surface area contributed by atoms with Gasteiger partial charge >= 0.3 is 0 Å². The van der Waals surface area contributed by atoms with Gasteiger partial charge in [0.2, 0.25) is 0 Å². The molecule has 1 unspecified atom stereocenters. The van der Waals surface area contributed by atoms with Crippen LogP contribution in [-0.4, -0.2) is 25.6 Å². The number of aromatic nitrogens is 4. The van der Waals surface area contributed by atoms with Gasteiger partial charge in [-0.1, -0.05) is 133 Å². The van der Waals surface area contributed by atoms with Gasteiger partial charge < -0.3 is 9.47 Å². The fraction of sp³-hybridized carbons (Fsp3) is 0.0385. The van der Waals surface area contributed by atoms with Crippen LogP contribution in [0.4, 0.5) is 11.4 Å². The second-order valence-corrected chi connectivity index (χ2v) is 14.6. The van der Waals surface area contributed by atoms with Crippen molar-refractivity contribution in [3.63, 3.8) is 0 Å². The summed E-state index contributed by atoms with van der Waals surface area (Å²) in [7, 11) is 0. The normalized spacial score (nSPS) is 14.3. The van der Waals surface area contributed by atoms with Gasteiger partial charge in [-0.25, -0.2) is 15.0 Å². The molecule has 2 aliphatic rings. The van der Waals surface area contributed by atoms with Crippen LogP contribution in [0.15, 0.2) is 188 Å². The molecular formula is C52H34N6. The highest BCUT2D eigenvalue weighted by Gasteiger charge is 2.38. The zero-order valence-electron chi connectivity index (χ0n) is 31.4. The lowest BCUT2D eigenvalue weighted by Crippen LogP contribution is -2.27. The van der Waals surface area contributed by atoms with E-state index < -0.39 is 0 Å². The van der Waals surface area contributed by atoms with Crippen molar-refractivity contribution in [3.05, 3.63) is 199 Å². The molecule has 6 nitrogen and oxygen atoms in total. The fourth-order valence-corrected chi connectivity index (χ4v) is 8.85. The molecule has 1 atom stereocenters.